The third kappa shape index (κ3) is 2.54. The minimum atomic E-state index is -1.02. The highest BCUT2D eigenvalue weighted by Crippen LogP contribution is 2.27. The highest BCUT2D eigenvalue weighted by Gasteiger charge is 2.20. The van der Waals surface area contributed by atoms with Gasteiger partial charge in [0, 0.05) is 12.1 Å². The van der Waals surface area contributed by atoms with Crippen LogP contribution in [0.4, 0.5) is 5.69 Å². The minimum absolute atomic E-state index is 0.0989. The standard InChI is InChI=1S/C13H12ClNO3/c14-12-10(6-3-7-11(12)16)15-9-5-2-1-4-8(9)13(17)18/h1-2,4-5,15H,3,6-7H2,(H,17,18). The SMILES string of the molecule is O=C1CCCC(Nc2ccccc2C(=O)O)=C1Cl. The number of hydrogen-bond donors (Lipinski definition) is 2. The van der Waals surface area contributed by atoms with E-state index >= 15 is 0 Å². The third-order valence-corrected chi connectivity index (χ3v) is 3.22. The van der Waals surface area contributed by atoms with E-state index in [9.17, 15) is 9.59 Å². The molecule has 0 saturated heterocycles. The lowest BCUT2D eigenvalue weighted by atomic mass is 10.0. The fourth-order valence-electron chi connectivity index (χ4n) is 1.87. The molecule has 1 aliphatic rings. The maximum Gasteiger partial charge on any atom is 0.337 e. The Hall–Kier alpha value is -1.81. The van der Waals surface area contributed by atoms with Crippen LogP contribution in [0.1, 0.15) is 29.6 Å². The Morgan fingerprint density at radius 2 is 2.00 bits per heavy atom. The number of nitrogens with one attached hydrogen (secondary N) is 1. The molecule has 2 N–H and O–H groups in total. The maximum absolute atomic E-state index is 11.5. The van der Waals surface area contributed by atoms with Crippen molar-refractivity contribution in [2.24, 2.45) is 0 Å². The van der Waals surface area contributed by atoms with E-state index < -0.39 is 5.97 Å². The number of Topliss-reactive ketones (excluding diaryl/α,β-unsaturated/α-hetero) is 1. The van der Waals surface area contributed by atoms with Gasteiger partial charge >= 0.3 is 5.97 Å². The molecule has 0 aromatic heterocycles. The molecule has 0 bridgehead atoms. The Labute approximate surface area is 109 Å². The van der Waals surface area contributed by atoms with E-state index in [1.165, 1.54) is 6.07 Å². The molecule has 0 fully saturated rings. The van der Waals surface area contributed by atoms with Crippen molar-refractivity contribution in [3.05, 3.63) is 40.6 Å². The zero-order valence-electron chi connectivity index (χ0n) is 9.57. The number of halogens is 1. The largest absolute Gasteiger partial charge is 0.478 e. The van der Waals surface area contributed by atoms with Crippen molar-refractivity contribution in [3.8, 4) is 0 Å². The molecule has 0 heterocycles. The van der Waals surface area contributed by atoms with Gasteiger partial charge in [-0.25, -0.2) is 4.79 Å². The van der Waals surface area contributed by atoms with E-state index in [2.05, 4.69) is 5.32 Å². The number of aromatic carboxylic acids is 1. The molecule has 94 valence electrons. The quantitative estimate of drug-likeness (QED) is 0.882. The molecule has 0 spiro atoms. The van der Waals surface area contributed by atoms with Gasteiger partial charge in [0.1, 0.15) is 5.03 Å². The summed E-state index contributed by atoms with van der Waals surface area (Å²) in [5.74, 6) is -1.12. The molecule has 1 aliphatic carbocycles. The number of carboxylic acid groups (broad SMARTS) is 1. The Bertz CT molecular complexity index is 537. The van der Waals surface area contributed by atoms with E-state index in [4.69, 9.17) is 16.7 Å². The molecule has 4 nitrogen and oxygen atoms in total. The van der Waals surface area contributed by atoms with E-state index in [1.54, 1.807) is 18.2 Å². The second kappa shape index (κ2) is 5.23. The van der Waals surface area contributed by atoms with Crippen LogP contribution in [0, 0.1) is 0 Å². The van der Waals surface area contributed by atoms with Crippen molar-refractivity contribution in [2.75, 3.05) is 5.32 Å². The van der Waals surface area contributed by atoms with Crippen LogP contribution in [0.3, 0.4) is 0 Å². The molecular formula is C13H12ClNO3. The molecule has 0 unspecified atom stereocenters. The lowest BCUT2D eigenvalue weighted by molar-refractivity contribution is -0.115. The van der Waals surface area contributed by atoms with Gasteiger partial charge in [0.05, 0.1) is 11.3 Å². The number of carboxylic acids is 1. The van der Waals surface area contributed by atoms with Gasteiger partial charge in [0.15, 0.2) is 5.78 Å². The van der Waals surface area contributed by atoms with E-state index in [0.29, 0.717) is 24.2 Å². The van der Waals surface area contributed by atoms with Crippen molar-refractivity contribution in [2.45, 2.75) is 19.3 Å². The number of allylic oxidation sites excluding steroid dienone is 2. The van der Waals surface area contributed by atoms with E-state index in [1.807, 2.05) is 0 Å². The Morgan fingerprint density at radius 3 is 2.72 bits per heavy atom. The minimum Gasteiger partial charge on any atom is -0.478 e. The predicted molar refractivity (Wildman–Crippen MR) is 68.8 cm³/mol. The van der Waals surface area contributed by atoms with Gasteiger partial charge in [-0.1, -0.05) is 23.7 Å². The number of ketones is 1. The van der Waals surface area contributed by atoms with Crippen molar-refractivity contribution in [1.82, 2.24) is 0 Å². The summed E-state index contributed by atoms with van der Waals surface area (Å²) in [6.07, 6.45) is 1.83. The number of benzene rings is 1. The number of carbonyl (C=O) groups excluding carboxylic acids is 1. The number of rotatable bonds is 3. The van der Waals surface area contributed by atoms with Gasteiger partial charge in [-0.05, 0) is 25.0 Å². The molecule has 5 heteroatoms. The highest BCUT2D eigenvalue weighted by atomic mass is 35.5. The second-order valence-corrected chi connectivity index (χ2v) is 4.42. The molecule has 0 radical (unpaired) electrons. The zero-order valence-corrected chi connectivity index (χ0v) is 10.3. The fraction of sp³-hybridized carbons (Fsp3) is 0.231. The van der Waals surface area contributed by atoms with Crippen LogP contribution in [-0.2, 0) is 4.79 Å². The van der Waals surface area contributed by atoms with Crippen LogP contribution in [0.2, 0.25) is 0 Å². The van der Waals surface area contributed by atoms with Gasteiger partial charge in [-0.15, -0.1) is 0 Å². The molecule has 0 aliphatic heterocycles. The van der Waals surface area contributed by atoms with Gasteiger partial charge in [-0.2, -0.15) is 0 Å². The summed E-state index contributed by atoms with van der Waals surface area (Å²) in [6.45, 7) is 0. The van der Waals surface area contributed by atoms with Crippen LogP contribution in [-0.4, -0.2) is 16.9 Å². The highest BCUT2D eigenvalue weighted by molar-refractivity contribution is 6.43. The lowest BCUT2D eigenvalue weighted by Crippen LogP contribution is -2.14. The summed E-state index contributed by atoms with van der Waals surface area (Å²) in [4.78, 5) is 22.5. The topological polar surface area (TPSA) is 66.4 Å². The summed E-state index contributed by atoms with van der Waals surface area (Å²) < 4.78 is 0. The van der Waals surface area contributed by atoms with Crippen molar-refractivity contribution >= 4 is 29.0 Å². The number of carbonyl (C=O) groups is 2. The molecular weight excluding hydrogens is 254 g/mol. The normalized spacial score (nSPS) is 15.7. The van der Waals surface area contributed by atoms with Crippen LogP contribution < -0.4 is 5.32 Å². The zero-order chi connectivity index (χ0) is 13.1. The third-order valence-electron chi connectivity index (χ3n) is 2.78. The predicted octanol–water partition coefficient (Wildman–Crippen LogP) is 3.00. The Morgan fingerprint density at radius 1 is 1.28 bits per heavy atom. The average Bonchev–Trinajstić information content (AvgIpc) is 2.35. The molecule has 0 atom stereocenters. The smallest absolute Gasteiger partial charge is 0.337 e. The number of anilines is 1. The summed E-state index contributed by atoms with van der Waals surface area (Å²) >= 11 is 5.94. The molecule has 1 aromatic carbocycles. The summed E-state index contributed by atoms with van der Waals surface area (Å²) in [5.41, 5.74) is 1.21. The van der Waals surface area contributed by atoms with Crippen LogP contribution >= 0.6 is 11.6 Å². The number of para-hydroxylation sites is 1. The summed E-state index contributed by atoms with van der Waals surface area (Å²) in [5, 5.41) is 12.2. The van der Waals surface area contributed by atoms with Gasteiger partial charge in [-0.3, -0.25) is 4.79 Å². The van der Waals surface area contributed by atoms with E-state index in [0.717, 1.165) is 6.42 Å². The Balaban J connectivity index is 2.32. The van der Waals surface area contributed by atoms with Gasteiger partial charge in [0.25, 0.3) is 0 Å². The average molecular weight is 266 g/mol. The first kappa shape index (κ1) is 12.6. The summed E-state index contributed by atoms with van der Waals surface area (Å²) in [6, 6.07) is 6.54. The molecule has 0 amide bonds. The first-order valence-electron chi connectivity index (χ1n) is 5.61. The Kier molecular flexibility index (Phi) is 3.67. The summed E-state index contributed by atoms with van der Waals surface area (Å²) in [7, 11) is 0. The monoisotopic (exact) mass is 265 g/mol. The molecule has 18 heavy (non-hydrogen) atoms. The first-order valence-corrected chi connectivity index (χ1v) is 5.98. The van der Waals surface area contributed by atoms with Crippen LogP contribution in [0.15, 0.2) is 35.0 Å². The lowest BCUT2D eigenvalue weighted by Gasteiger charge is -2.18. The maximum atomic E-state index is 11.5. The van der Waals surface area contributed by atoms with Crippen molar-refractivity contribution in [1.29, 1.82) is 0 Å². The molecule has 2 rings (SSSR count). The van der Waals surface area contributed by atoms with Crippen molar-refractivity contribution < 1.29 is 14.7 Å². The second-order valence-electron chi connectivity index (χ2n) is 4.05. The fourth-order valence-corrected chi connectivity index (χ4v) is 2.11. The van der Waals surface area contributed by atoms with Gasteiger partial charge < -0.3 is 10.4 Å². The molecule has 1 aromatic rings. The van der Waals surface area contributed by atoms with Gasteiger partial charge in [0.2, 0.25) is 0 Å². The number of hydrogen-bond acceptors (Lipinski definition) is 3. The molecule has 0 saturated carbocycles. The van der Waals surface area contributed by atoms with Crippen LogP contribution in [0.25, 0.3) is 0 Å². The van der Waals surface area contributed by atoms with Crippen molar-refractivity contribution in [3.63, 3.8) is 0 Å². The van der Waals surface area contributed by atoms with Crippen LogP contribution in [0.5, 0.6) is 0 Å². The first-order chi connectivity index (χ1) is 8.59. The van der Waals surface area contributed by atoms with E-state index in [-0.39, 0.29) is 16.4 Å².